The molecule has 1 saturated heterocycles. The molecule has 4 aromatic heterocycles. The van der Waals surface area contributed by atoms with E-state index in [0.29, 0.717) is 97.9 Å². The second kappa shape index (κ2) is 29.1. The number of nitrogens with one attached hydrogen (secondary N) is 1. The van der Waals surface area contributed by atoms with Crippen molar-refractivity contribution in [3.05, 3.63) is 120 Å². The third kappa shape index (κ3) is 21.3. The van der Waals surface area contributed by atoms with Gasteiger partial charge in [-0.1, -0.05) is 24.3 Å². The minimum absolute atomic E-state index is 0.0313. The summed E-state index contributed by atoms with van der Waals surface area (Å²) in [6.07, 6.45) is 9.73. The van der Waals surface area contributed by atoms with Crippen LogP contribution in [0.5, 0.6) is 0 Å². The number of aromatic nitrogens is 4. The van der Waals surface area contributed by atoms with E-state index in [-0.39, 0.29) is 37.7 Å². The van der Waals surface area contributed by atoms with Gasteiger partial charge in [-0.05, 0) is 61.5 Å². The molecule has 5 rings (SSSR count). The van der Waals surface area contributed by atoms with Gasteiger partial charge >= 0.3 is 11.9 Å². The maximum absolute atomic E-state index is 13.6. The van der Waals surface area contributed by atoms with E-state index < -0.39 is 11.9 Å². The minimum atomic E-state index is -0.944. The Labute approximate surface area is 383 Å². The molecule has 0 unspecified atom stereocenters. The third-order valence-corrected chi connectivity index (χ3v) is 11.4. The van der Waals surface area contributed by atoms with Crippen LogP contribution >= 0.6 is 0 Å². The molecule has 0 aromatic carbocycles. The molecule has 4 aromatic rings. The first kappa shape index (κ1) is 50.4. The van der Waals surface area contributed by atoms with Crippen LogP contribution in [-0.4, -0.2) is 194 Å². The number of amides is 1. The summed E-state index contributed by atoms with van der Waals surface area (Å²) in [7, 11) is 0. The average Bonchev–Trinajstić information content (AvgIpc) is 3.30. The molecule has 0 radical (unpaired) electrons. The van der Waals surface area contributed by atoms with Crippen LogP contribution in [0, 0.1) is 0 Å². The Bertz CT molecular complexity index is 1840. The molecule has 1 fully saturated rings. The van der Waals surface area contributed by atoms with Gasteiger partial charge in [-0.25, -0.2) is 0 Å². The maximum atomic E-state index is 13.6. The first-order valence-corrected chi connectivity index (χ1v) is 22.8. The van der Waals surface area contributed by atoms with Crippen LogP contribution in [0.25, 0.3) is 0 Å². The first-order chi connectivity index (χ1) is 31.7. The first-order valence-electron chi connectivity index (χ1n) is 22.8. The smallest absolute Gasteiger partial charge is 0.317 e. The van der Waals surface area contributed by atoms with Crippen LogP contribution in [0.1, 0.15) is 42.0 Å². The van der Waals surface area contributed by atoms with Crippen LogP contribution in [-0.2, 0) is 45.1 Å². The van der Waals surface area contributed by atoms with E-state index in [1.165, 1.54) is 0 Å². The number of carbonyl (C=O) groups excluding carboxylic acids is 2. The number of aliphatic carboxylic acids is 2. The molecular formula is C48H67N11O6. The number of carboxylic acid groups (broad SMARTS) is 2. The Morgan fingerprint density at radius 1 is 0.508 bits per heavy atom. The van der Waals surface area contributed by atoms with Crippen LogP contribution < -0.4 is 5.32 Å². The topological polar surface area (TPSA) is 192 Å². The molecular weight excluding hydrogens is 827 g/mol. The van der Waals surface area contributed by atoms with Crippen molar-refractivity contribution < 1.29 is 29.4 Å². The van der Waals surface area contributed by atoms with Gasteiger partial charge in [-0.2, -0.15) is 0 Å². The molecule has 1 aliphatic heterocycles. The quantitative estimate of drug-likeness (QED) is 0.0832. The summed E-state index contributed by atoms with van der Waals surface area (Å²) in [5.41, 5.74) is 3.91. The van der Waals surface area contributed by atoms with Crippen molar-refractivity contribution in [2.24, 2.45) is 0 Å². The molecule has 350 valence electrons. The minimum Gasteiger partial charge on any atom is -0.481 e. The van der Waals surface area contributed by atoms with Crippen molar-refractivity contribution >= 4 is 23.6 Å². The van der Waals surface area contributed by atoms with Gasteiger partial charge in [0.1, 0.15) is 5.78 Å². The number of carboxylic acids is 2. The predicted octanol–water partition coefficient (Wildman–Crippen LogP) is 2.30. The zero-order valence-electron chi connectivity index (χ0n) is 37.7. The lowest BCUT2D eigenvalue weighted by molar-refractivity contribution is -0.139. The zero-order chi connectivity index (χ0) is 45.9. The SMILES string of the molecule is O=C(O)CCN1CCN(CC(=O)CCCN(CCc2ccccn2)Cc2ccccn2)CCN(CC(=O)O)CCN(CC(=O)NCCN(CCc2ccccn2)Cc2ccccn2)CC1. The Morgan fingerprint density at radius 2 is 0.954 bits per heavy atom. The molecule has 0 aliphatic carbocycles. The monoisotopic (exact) mass is 894 g/mol. The largest absolute Gasteiger partial charge is 0.481 e. The van der Waals surface area contributed by atoms with Crippen molar-refractivity contribution in [3.63, 3.8) is 0 Å². The highest BCUT2D eigenvalue weighted by Crippen LogP contribution is 2.09. The second-order valence-corrected chi connectivity index (χ2v) is 16.5. The van der Waals surface area contributed by atoms with E-state index in [0.717, 1.165) is 55.3 Å². The number of ketones is 1. The van der Waals surface area contributed by atoms with Crippen LogP contribution in [0.4, 0.5) is 0 Å². The molecule has 0 spiro atoms. The molecule has 17 nitrogen and oxygen atoms in total. The summed E-state index contributed by atoms with van der Waals surface area (Å²) in [6.45, 7) is 8.86. The van der Waals surface area contributed by atoms with Gasteiger partial charge in [0, 0.05) is 154 Å². The Morgan fingerprint density at radius 3 is 1.42 bits per heavy atom. The summed E-state index contributed by atoms with van der Waals surface area (Å²) >= 11 is 0. The number of hydrogen-bond acceptors (Lipinski definition) is 14. The summed E-state index contributed by atoms with van der Waals surface area (Å²) in [5, 5.41) is 22.5. The Balaban J connectivity index is 1.15. The highest BCUT2D eigenvalue weighted by molar-refractivity contribution is 5.80. The number of hydrogen-bond donors (Lipinski definition) is 3. The lowest BCUT2D eigenvalue weighted by Gasteiger charge is -2.33. The second-order valence-electron chi connectivity index (χ2n) is 16.5. The summed E-state index contributed by atoms with van der Waals surface area (Å²) < 4.78 is 0. The maximum Gasteiger partial charge on any atom is 0.317 e. The highest BCUT2D eigenvalue weighted by Gasteiger charge is 2.21. The fraction of sp³-hybridized carbons (Fsp3) is 0.500. The van der Waals surface area contributed by atoms with E-state index in [9.17, 15) is 29.4 Å². The zero-order valence-corrected chi connectivity index (χ0v) is 37.7. The fourth-order valence-electron chi connectivity index (χ4n) is 7.78. The average molecular weight is 894 g/mol. The third-order valence-electron chi connectivity index (χ3n) is 11.4. The van der Waals surface area contributed by atoms with Crippen LogP contribution in [0.15, 0.2) is 97.6 Å². The van der Waals surface area contributed by atoms with Crippen molar-refractivity contribution in [2.45, 2.75) is 45.2 Å². The molecule has 3 N–H and O–H groups in total. The van der Waals surface area contributed by atoms with Gasteiger partial charge in [-0.15, -0.1) is 0 Å². The molecule has 17 heteroatoms. The Kier molecular flexibility index (Phi) is 22.6. The lowest BCUT2D eigenvalue weighted by Crippen LogP contribution is -2.49. The van der Waals surface area contributed by atoms with E-state index in [2.05, 4.69) is 44.9 Å². The van der Waals surface area contributed by atoms with E-state index in [4.69, 9.17) is 0 Å². The fourth-order valence-corrected chi connectivity index (χ4v) is 7.78. The molecule has 1 aliphatic rings. The molecule has 65 heavy (non-hydrogen) atoms. The van der Waals surface area contributed by atoms with Gasteiger partial charge in [0.2, 0.25) is 5.91 Å². The Hall–Kier alpha value is -5.56. The van der Waals surface area contributed by atoms with Crippen LogP contribution in [0.3, 0.4) is 0 Å². The van der Waals surface area contributed by atoms with Gasteiger partial charge in [-0.3, -0.25) is 63.6 Å². The summed E-state index contributed by atoms with van der Waals surface area (Å²) in [4.78, 5) is 81.2. The lowest BCUT2D eigenvalue weighted by atomic mass is 10.1. The van der Waals surface area contributed by atoms with E-state index >= 15 is 0 Å². The van der Waals surface area contributed by atoms with Crippen LogP contribution in [0.2, 0.25) is 0 Å². The summed E-state index contributed by atoms with van der Waals surface area (Å²) in [5.74, 6) is -1.87. The van der Waals surface area contributed by atoms with Crippen molar-refractivity contribution in [2.75, 3.05) is 111 Å². The number of Topliss-reactive ketones (excluding diaryl/α,β-unsaturated/α-hetero) is 1. The normalized spacial score (nSPS) is 15.0. The van der Waals surface area contributed by atoms with Gasteiger partial charge in [0.15, 0.2) is 0 Å². The van der Waals surface area contributed by atoms with Crippen molar-refractivity contribution in [3.8, 4) is 0 Å². The molecule has 0 saturated carbocycles. The highest BCUT2D eigenvalue weighted by atomic mass is 16.4. The van der Waals surface area contributed by atoms with Gasteiger partial charge < -0.3 is 20.4 Å². The number of pyridine rings is 4. The van der Waals surface area contributed by atoms with E-state index in [1.807, 2.05) is 82.6 Å². The van der Waals surface area contributed by atoms with Gasteiger partial charge in [0.25, 0.3) is 0 Å². The molecule has 1 amide bonds. The van der Waals surface area contributed by atoms with Crippen molar-refractivity contribution in [1.82, 2.24) is 54.7 Å². The number of nitrogens with zero attached hydrogens (tertiary/aromatic N) is 10. The molecule has 5 heterocycles. The molecule has 0 atom stereocenters. The van der Waals surface area contributed by atoms with Crippen molar-refractivity contribution in [1.29, 1.82) is 0 Å². The predicted molar refractivity (Wildman–Crippen MR) is 248 cm³/mol. The molecule has 0 bridgehead atoms. The van der Waals surface area contributed by atoms with Gasteiger partial charge in [0.05, 0.1) is 37.4 Å². The number of rotatable bonds is 26. The van der Waals surface area contributed by atoms with E-state index in [1.54, 1.807) is 24.8 Å². The standard InChI is InChI=1S/C48H67N11O6/c60-45(14-9-23-55(36-43-12-3-7-20-51-43)24-15-41-10-1-5-18-49-41)38-57-30-28-54(26-17-47(62)63)29-31-58(33-35-59(34-32-57)40-48(64)65)39-46(61)53-22-27-56(37-44-13-4-8-21-52-44)25-16-42-11-2-6-19-50-42/h1-8,10-13,18-21H,9,14-17,22-40H2,(H,53,61)(H,62,63)(H,64,65). The number of carbonyl (C=O) groups is 4. The summed E-state index contributed by atoms with van der Waals surface area (Å²) in [6, 6.07) is 23.5.